The average molecular weight is 407 g/mol. The molecule has 0 aliphatic rings. The van der Waals surface area contributed by atoms with Gasteiger partial charge in [0.25, 0.3) is 10.1 Å². The fourth-order valence-electron chi connectivity index (χ4n) is 3.30. The van der Waals surface area contributed by atoms with Crippen LogP contribution in [0.5, 0.6) is 0 Å². The van der Waals surface area contributed by atoms with Gasteiger partial charge in [-0.25, -0.2) is 4.18 Å². The van der Waals surface area contributed by atoms with E-state index in [-0.39, 0.29) is 11.8 Å². The van der Waals surface area contributed by atoms with Crippen molar-refractivity contribution in [3.63, 3.8) is 0 Å². The van der Waals surface area contributed by atoms with Gasteiger partial charge in [-0.05, 0) is 47.3 Å². The monoisotopic (exact) mass is 406 g/mol. The third-order valence-corrected chi connectivity index (χ3v) is 6.54. The van der Waals surface area contributed by atoms with Crippen LogP contribution in [-0.4, -0.2) is 14.5 Å². The first-order chi connectivity index (χ1) is 13.0. The van der Waals surface area contributed by atoms with E-state index in [4.69, 9.17) is 10.6 Å². The zero-order valence-corrected chi connectivity index (χ0v) is 19.5. The van der Waals surface area contributed by atoms with E-state index in [0.29, 0.717) is 17.2 Å². The Labute approximate surface area is 173 Å². The van der Waals surface area contributed by atoms with Gasteiger partial charge in [0.1, 0.15) is 11.0 Å². The van der Waals surface area contributed by atoms with Crippen LogP contribution >= 0.6 is 0 Å². The van der Waals surface area contributed by atoms with Crippen LogP contribution < -0.4 is 0 Å². The summed E-state index contributed by atoms with van der Waals surface area (Å²) in [7, 11) is -3.95. The Morgan fingerprint density at radius 1 is 0.929 bits per heavy atom. The number of unbranched alkanes of at least 4 members (excludes halogenated alkanes) is 3. The van der Waals surface area contributed by atoms with Crippen LogP contribution in [0.25, 0.3) is 0 Å². The summed E-state index contributed by atoms with van der Waals surface area (Å²) in [5.41, 5.74) is 2.78. The molecule has 1 rings (SSSR count). The summed E-state index contributed by atoms with van der Waals surface area (Å²) in [6.07, 6.45) is 9.59. The Hall–Kier alpha value is -1.31. The van der Waals surface area contributed by atoms with E-state index in [0.717, 1.165) is 42.4 Å². The van der Waals surface area contributed by atoms with Crippen molar-refractivity contribution in [1.29, 1.82) is 0 Å². The van der Waals surface area contributed by atoms with Gasteiger partial charge in [0.05, 0.1) is 0 Å². The van der Waals surface area contributed by atoms with Gasteiger partial charge >= 0.3 is 0 Å². The van der Waals surface area contributed by atoms with Crippen LogP contribution in [0.1, 0.15) is 115 Å². The molecule has 3 nitrogen and oxygen atoms in total. The molecule has 1 unspecified atom stereocenters. The Balaban J connectivity index is 3.36. The fraction of sp³-hybridized carbons (Fsp3) is 0.667. The maximum Gasteiger partial charge on any atom is 0.298 e. The van der Waals surface area contributed by atoms with E-state index in [1.165, 1.54) is 0 Å². The maximum atomic E-state index is 13.3. The van der Waals surface area contributed by atoms with Gasteiger partial charge in [-0.3, -0.25) is 0 Å². The molecule has 1 atom stereocenters. The lowest BCUT2D eigenvalue weighted by Gasteiger charge is -2.23. The molecule has 1 aromatic carbocycles. The second kappa shape index (κ2) is 11.0. The highest BCUT2D eigenvalue weighted by atomic mass is 32.2. The molecule has 0 radical (unpaired) electrons. The van der Waals surface area contributed by atoms with E-state index < -0.39 is 16.2 Å². The highest BCUT2D eigenvalue weighted by molar-refractivity contribution is 7.87. The van der Waals surface area contributed by atoms with Crippen LogP contribution in [0, 0.1) is 12.3 Å². The molecule has 0 amide bonds. The molecule has 0 bridgehead atoms. The molecule has 0 aliphatic heterocycles. The van der Waals surface area contributed by atoms with E-state index in [9.17, 15) is 8.42 Å². The number of hydrogen-bond donors (Lipinski definition) is 0. The van der Waals surface area contributed by atoms with Gasteiger partial charge in [-0.2, -0.15) is 8.42 Å². The molecule has 0 N–H and O–H groups in total. The lowest BCUT2D eigenvalue weighted by Crippen LogP contribution is -2.21. The Kier molecular flexibility index (Phi) is 9.74. The smallest absolute Gasteiger partial charge is 0.250 e. The molecule has 0 aromatic heterocycles. The van der Waals surface area contributed by atoms with Crippen LogP contribution in [0.3, 0.4) is 0 Å². The highest BCUT2D eigenvalue weighted by Gasteiger charge is 2.29. The predicted octanol–water partition coefficient (Wildman–Crippen LogP) is 6.73. The van der Waals surface area contributed by atoms with Crippen LogP contribution in [0.15, 0.2) is 17.0 Å². The van der Waals surface area contributed by atoms with Gasteiger partial charge in [0.2, 0.25) is 0 Å². The molecule has 0 aliphatic carbocycles. The van der Waals surface area contributed by atoms with Crippen molar-refractivity contribution in [3.05, 3.63) is 28.8 Å². The highest BCUT2D eigenvalue weighted by Crippen LogP contribution is 2.36. The zero-order chi connectivity index (χ0) is 21.5. The molecule has 0 saturated carbocycles. The topological polar surface area (TPSA) is 43.4 Å². The van der Waals surface area contributed by atoms with E-state index in [1.54, 1.807) is 0 Å². The Morgan fingerprint density at radius 2 is 1.46 bits per heavy atom. The quantitative estimate of drug-likeness (QED) is 0.232. The number of hydrogen-bond acceptors (Lipinski definition) is 3. The van der Waals surface area contributed by atoms with Crippen LogP contribution in [0.4, 0.5) is 0 Å². The standard InChI is InChI=1S/C24H38O3S/c1-9-11-12-13-14-21(10-2)27-28(25,26)24-22(18(5)6)15-20(17(3)4)16-23(24)19(7)8/h2,15-19,21H,9,11-14H2,1,3-8H3. The van der Waals surface area contributed by atoms with Crippen LogP contribution in [0.2, 0.25) is 0 Å². The zero-order valence-electron chi connectivity index (χ0n) is 18.7. The summed E-state index contributed by atoms with van der Waals surface area (Å²) in [4.78, 5) is 0.315. The van der Waals surface area contributed by atoms with Gasteiger partial charge in [0.15, 0.2) is 0 Å². The van der Waals surface area contributed by atoms with Crippen molar-refractivity contribution in [3.8, 4) is 12.3 Å². The van der Waals surface area contributed by atoms with Gasteiger partial charge in [-0.1, -0.05) is 85.8 Å². The van der Waals surface area contributed by atoms with Crippen molar-refractivity contribution < 1.29 is 12.6 Å². The first-order valence-electron chi connectivity index (χ1n) is 10.6. The van der Waals surface area contributed by atoms with Crippen molar-refractivity contribution in [2.24, 2.45) is 0 Å². The lowest BCUT2D eigenvalue weighted by atomic mass is 9.89. The number of benzene rings is 1. The summed E-state index contributed by atoms with van der Waals surface area (Å²) in [6.45, 7) is 14.5. The number of terminal acetylenes is 1. The second-order valence-electron chi connectivity index (χ2n) is 8.55. The van der Waals surface area contributed by atoms with Gasteiger partial charge in [0, 0.05) is 0 Å². The molecule has 0 saturated heterocycles. The van der Waals surface area contributed by atoms with E-state index in [2.05, 4.69) is 26.7 Å². The van der Waals surface area contributed by atoms with Crippen molar-refractivity contribution in [1.82, 2.24) is 0 Å². The normalized spacial score (nSPS) is 13.3. The SMILES string of the molecule is C#CC(CCCCCC)OS(=O)(=O)c1c(C(C)C)cc(C(C)C)cc1C(C)C. The minimum atomic E-state index is -3.95. The molecule has 4 heteroatoms. The minimum absolute atomic E-state index is 0.0680. The summed E-state index contributed by atoms with van der Waals surface area (Å²) in [6, 6.07) is 4.03. The van der Waals surface area contributed by atoms with Gasteiger partial charge < -0.3 is 0 Å². The second-order valence-corrected chi connectivity index (χ2v) is 10.1. The van der Waals surface area contributed by atoms with Crippen molar-refractivity contribution in [2.75, 3.05) is 0 Å². The largest absolute Gasteiger partial charge is 0.298 e. The summed E-state index contributed by atoms with van der Waals surface area (Å²) in [5.74, 6) is 2.99. The summed E-state index contributed by atoms with van der Waals surface area (Å²) in [5, 5.41) is 0. The third-order valence-electron chi connectivity index (χ3n) is 5.08. The van der Waals surface area contributed by atoms with E-state index in [1.807, 2.05) is 39.8 Å². The maximum absolute atomic E-state index is 13.3. The first kappa shape index (κ1) is 24.7. The van der Waals surface area contributed by atoms with Crippen molar-refractivity contribution >= 4 is 10.1 Å². The molecule has 28 heavy (non-hydrogen) atoms. The molecule has 1 aromatic rings. The third kappa shape index (κ3) is 6.64. The molecule has 0 spiro atoms. The van der Waals surface area contributed by atoms with E-state index >= 15 is 0 Å². The number of rotatable bonds is 11. The molecule has 0 heterocycles. The molecule has 0 fully saturated rings. The minimum Gasteiger partial charge on any atom is -0.250 e. The molecular weight excluding hydrogens is 368 g/mol. The fourth-order valence-corrected chi connectivity index (χ4v) is 5.02. The summed E-state index contributed by atoms with van der Waals surface area (Å²) < 4.78 is 32.2. The van der Waals surface area contributed by atoms with Gasteiger partial charge in [-0.15, -0.1) is 6.42 Å². The molecule has 158 valence electrons. The Bertz CT molecular complexity index is 739. The Morgan fingerprint density at radius 3 is 1.86 bits per heavy atom. The average Bonchev–Trinajstić information content (AvgIpc) is 2.62. The lowest BCUT2D eigenvalue weighted by molar-refractivity contribution is 0.248. The predicted molar refractivity (Wildman–Crippen MR) is 118 cm³/mol. The van der Waals surface area contributed by atoms with Crippen molar-refractivity contribution in [2.45, 2.75) is 109 Å². The summed E-state index contributed by atoms with van der Waals surface area (Å²) >= 11 is 0. The molecular formula is C24H38O3S. The van der Waals surface area contributed by atoms with Crippen LogP contribution in [-0.2, 0) is 14.3 Å². The first-order valence-corrected chi connectivity index (χ1v) is 12.0.